The summed E-state index contributed by atoms with van der Waals surface area (Å²) in [4.78, 5) is 39.7. The summed E-state index contributed by atoms with van der Waals surface area (Å²) >= 11 is 0. The molecular weight excluding hydrogens is 1160 g/mol. The van der Waals surface area contributed by atoms with Crippen molar-refractivity contribution in [3.8, 4) is 45.6 Å². The van der Waals surface area contributed by atoms with Gasteiger partial charge in [0, 0.05) is 69.0 Å². The van der Waals surface area contributed by atoms with Crippen LogP contribution in [0.25, 0.3) is 89.7 Å². The van der Waals surface area contributed by atoms with Crippen LogP contribution in [-0.2, 0) is 57.2 Å². The van der Waals surface area contributed by atoms with Crippen LogP contribution >= 0.6 is 0 Å². The SMILES string of the molecule is O=S(=O)(NC1CCCCC1)c1ccc2c(c1)-c1nc-2nc2[n-]c(nc3nc(nc4[n-]c(n1)c1ccc(S(=O)(=O)NC5CCCCC5)cc41)-c1cc(S(=O)(=O)NC4CCCCC4)ccc1-3)c1cc(S(=O)(=O)NC3CCCCC3)ccc21.[Cu+2]. The fourth-order valence-corrected chi connectivity index (χ4v) is 17.6. The maximum atomic E-state index is 14.2. The first kappa shape index (κ1) is 55.9. The van der Waals surface area contributed by atoms with Crippen LogP contribution in [0.2, 0.25) is 0 Å². The first-order chi connectivity index (χ1) is 38.5. The van der Waals surface area contributed by atoms with Crippen molar-refractivity contribution in [2.75, 3.05) is 0 Å². The second-order valence-electron chi connectivity index (χ2n) is 22.1. The second kappa shape index (κ2) is 22.2. The van der Waals surface area contributed by atoms with Gasteiger partial charge in [-0.25, -0.2) is 62.5 Å². The Kier molecular flexibility index (Phi) is 15.3. The maximum Gasteiger partial charge on any atom is 2.00 e. The molecule has 81 heavy (non-hydrogen) atoms. The van der Waals surface area contributed by atoms with Crippen LogP contribution in [0.1, 0.15) is 128 Å². The van der Waals surface area contributed by atoms with E-state index in [2.05, 4.69) is 18.9 Å². The number of nitrogens with zero attached hydrogens (tertiary/aromatic N) is 8. The van der Waals surface area contributed by atoms with E-state index in [4.69, 9.17) is 39.9 Å². The molecule has 0 saturated heterocycles. The molecule has 4 aromatic carbocycles. The first-order valence-corrected chi connectivity index (χ1v) is 33.8. The molecule has 0 spiro atoms. The van der Waals surface area contributed by atoms with Crippen LogP contribution < -0.4 is 28.9 Å². The molecule has 13 rings (SSSR count). The minimum absolute atomic E-state index is 0. The number of sulfonamides is 4. The van der Waals surface area contributed by atoms with Crippen molar-refractivity contribution >= 4 is 84.2 Å². The molecular formula is C56H60CuN12O8S4. The summed E-state index contributed by atoms with van der Waals surface area (Å²) in [6.07, 6.45) is 17.2. The van der Waals surface area contributed by atoms with E-state index in [9.17, 15) is 33.7 Å². The molecule has 4 N–H and O–H groups in total. The topological polar surface area (TPSA) is 290 Å². The van der Waals surface area contributed by atoms with Crippen molar-refractivity contribution < 1.29 is 50.7 Å². The summed E-state index contributed by atoms with van der Waals surface area (Å²) in [7, 11) is -16.2. The van der Waals surface area contributed by atoms with E-state index < -0.39 is 40.1 Å². The van der Waals surface area contributed by atoms with E-state index in [1.807, 2.05) is 0 Å². The van der Waals surface area contributed by atoms with E-state index in [1.165, 1.54) is 48.5 Å². The number of nitrogens with one attached hydrogen (secondary N) is 4. The van der Waals surface area contributed by atoms with Crippen molar-refractivity contribution in [2.45, 2.75) is 172 Å². The third-order valence-corrected chi connectivity index (χ3v) is 22.6. The fourth-order valence-electron chi connectivity index (χ4n) is 12.3. The van der Waals surface area contributed by atoms with Crippen LogP contribution in [0, 0.1) is 0 Å². The van der Waals surface area contributed by atoms with Crippen molar-refractivity contribution in [1.82, 2.24) is 58.8 Å². The van der Waals surface area contributed by atoms with Gasteiger partial charge < -0.3 is 29.9 Å². The molecule has 25 heteroatoms. The Labute approximate surface area is 481 Å². The summed E-state index contributed by atoms with van der Waals surface area (Å²) in [5, 5.41) is 1.41. The monoisotopic (exact) mass is 1220 g/mol. The summed E-state index contributed by atoms with van der Waals surface area (Å²) < 4.78 is 125. The second-order valence-corrected chi connectivity index (χ2v) is 29.0. The first-order valence-electron chi connectivity index (χ1n) is 27.9. The molecule has 4 aliphatic carbocycles. The zero-order chi connectivity index (χ0) is 55.0. The van der Waals surface area contributed by atoms with Gasteiger partial charge in [-0.1, -0.05) is 101 Å². The van der Waals surface area contributed by atoms with Crippen LogP contribution in [0.4, 0.5) is 0 Å². The predicted molar refractivity (Wildman–Crippen MR) is 303 cm³/mol. The van der Waals surface area contributed by atoms with E-state index in [0.717, 1.165) is 103 Å². The average molecular weight is 1220 g/mol. The molecule has 2 aliphatic heterocycles. The average Bonchev–Trinajstić information content (AvgIpc) is 4.40. The van der Waals surface area contributed by atoms with Crippen molar-refractivity contribution in [2.24, 2.45) is 0 Å². The minimum Gasteiger partial charge on any atom is -0.357 e. The van der Waals surface area contributed by atoms with Gasteiger partial charge in [0.15, 0.2) is 0 Å². The predicted octanol–water partition coefficient (Wildman–Crippen LogP) is 8.57. The van der Waals surface area contributed by atoms with Gasteiger partial charge in [0.05, 0.1) is 42.9 Å². The number of benzene rings is 4. The van der Waals surface area contributed by atoms with E-state index in [0.29, 0.717) is 58.5 Å². The smallest absolute Gasteiger partial charge is 0.357 e. The van der Waals surface area contributed by atoms with Crippen LogP contribution in [0.5, 0.6) is 0 Å². The maximum absolute atomic E-state index is 14.2. The van der Waals surface area contributed by atoms with Gasteiger partial charge in [-0.15, -0.1) is 0 Å². The van der Waals surface area contributed by atoms with Gasteiger partial charge in [-0.2, -0.15) is 0 Å². The number of hydrogen-bond donors (Lipinski definition) is 4. The summed E-state index contributed by atoms with van der Waals surface area (Å²) in [6.45, 7) is 0. The molecule has 0 atom stereocenters. The molecule has 3 aromatic heterocycles. The molecule has 20 nitrogen and oxygen atoms in total. The third kappa shape index (κ3) is 11.2. The number of fused-ring (bicyclic) bond motifs is 20. The summed E-state index contributed by atoms with van der Waals surface area (Å²) in [5.41, 5.74) is 1.65. The standard InChI is InChI=1S/C56H60N12O8S4.Cu/c69-77(70,65-33-13-5-1-6-14-33)37-21-25-41-45(29-37)53-58-49(41)57-50-42-26-22-38(78(71,72)66-34-15-7-2-8-16-34)30-46(42)54(59-50)61-52-44-28-24-40(80(75,76)68-36-19-11-4-12-20-36)32-48(44)56(63-52)64-55-47-31-39(23-27-43(47)51(60-53)62-55)79(73,74)67-35-17-9-3-10-18-35;/h21-36,65-68H,1-20H2;/q-2;+2. The number of hydrogen-bond acceptors (Lipinski definition) is 14. The molecule has 1 radical (unpaired) electrons. The molecule has 8 bridgehead atoms. The van der Waals surface area contributed by atoms with Crippen LogP contribution in [0.15, 0.2) is 92.4 Å². The van der Waals surface area contributed by atoms with E-state index >= 15 is 0 Å². The Morgan fingerprint density at radius 1 is 0.309 bits per heavy atom. The normalized spacial score (nSPS) is 18.2. The minimum atomic E-state index is -4.06. The Hall–Kier alpha value is -5.60. The van der Waals surface area contributed by atoms with E-state index in [-0.39, 0.29) is 118 Å². The third-order valence-electron chi connectivity index (χ3n) is 16.5. The Morgan fingerprint density at radius 3 is 0.877 bits per heavy atom. The van der Waals surface area contributed by atoms with Gasteiger partial charge in [-0.3, -0.25) is 0 Å². The Morgan fingerprint density at radius 2 is 0.568 bits per heavy atom. The van der Waals surface area contributed by atoms with Crippen molar-refractivity contribution in [1.29, 1.82) is 0 Å². The van der Waals surface area contributed by atoms with Crippen molar-refractivity contribution in [3.63, 3.8) is 0 Å². The summed E-state index contributed by atoms with van der Waals surface area (Å²) in [6, 6.07) is 17.5. The molecule has 6 aliphatic rings. The molecule has 4 fully saturated rings. The van der Waals surface area contributed by atoms with Crippen LogP contribution in [0.3, 0.4) is 0 Å². The fraction of sp³-hybridized carbons (Fsp3) is 0.429. The molecule has 0 unspecified atom stereocenters. The van der Waals surface area contributed by atoms with Gasteiger partial charge >= 0.3 is 17.1 Å². The number of rotatable bonds is 12. The Balaban J connectivity index is 0.00000651. The van der Waals surface area contributed by atoms with Gasteiger partial charge in [0.1, 0.15) is 0 Å². The molecule has 5 heterocycles. The molecule has 427 valence electrons. The molecule has 0 amide bonds. The van der Waals surface area contributed by atoms with Crippen molar-refractivity contribution in [3.05, 3.63) is 72.8 Å². The summed E-state index contributed by atoms with van der Waals surface area (Å²) in [5.74, 6) is 0.240. The largest absolute Gasteiger partial charge is 2.00 e. The van der Waals surface area contributed by atoms with Crippen LogP contribution in [-0.4, -0.2) is 87.7 Å². The van der Waals surface area contributed by atoms with Gasteiger partial charge in [-0.05, 0) is 121 Å². The molecule has 4 saturated carbocycles. The number of aromatic nitrogens is 8. The molecule has 7 aromatic rings. The van der Waals surface area contributed by atoms with E-state index in [1.54, 1.807) is 24.3 Å². The quantitative estimate of drug-likeness (QED) is 0.0833. The van der Waals surface area contributed by atoms with Gasteiger partial charge in [0.2, 0.25) is 40.1 Å². The zero-order valence-electron chi connectivity index (χ0n) is 44.2. The Bertz CT molecular complexity index is 4290. The van der Waals surface area contributed by atoms with Gasteiger partial charge in [0.25, 0.3) is 0 Å². The zero-order valence-corrected chi connectivity index (χ0v) is 48.4.